The summed E-state index contributed by atoms with van der Waals surface area (Å²) in [6.45, 7) is -0.470. The van der Waals surface area contributed by atoms with E-state index in [0.717, 1.165) is 0 Å². The molecule has 6 nitrogen and oxygen atoms in total. The molecule has 5 atom stereocenters. The number of hydrogen-bond acceptors (Lipinski definition) is 6. The van der Waals surface area contributed by atoms with E-state index in [-0.39, 0.29) is 51.4 Å². The van der Waals surface area contributed by atoms with Gasteiger partial charge >= 0.3 is 51.4 Å². The monoisotopic (exact) mass is 219 g/mol. The van der Waals surface area contributed by atoms with E-state index in [4.69, 9.17) is 20.7 Å². The zero-order chi connectivity index (χ0) is 9.30. The Balaban J connectivity index is 0.00000144. The van der Waals surface area contributed by atoms with Crippen LogP contribution in [0.3, 0.4) is 0 Å². The van der Waals surface area contributed by atoms with Crippen LogP contribution in [0.15, 0.2) is 0 Å². The molecule has 0 saturated carbocycles. The first-order valence-electron chi connectivity index (χ1n) is 3.64. The van der Waals surface area contributed by atoms with Crippen LogP contribution < -0.4 is 5.73 Å². The summed E-state index contributed by atoms with van der Waals surface area (Å²) in [4.78, 5) is 0. The number of rotatable bonds is 1. The first kappa shape index (κ1) is 14.4. The van der Waals surface area contributed by atoms with Gasteiger partial charge in [0.05, 0.1) is 12.6 Å². The van der Waals surface area contributed by atoms with Crippen molar-refractivity contribution < 1.29 is 25.2 Å². The van der Waals surface area contributed by atoms with Crippen LogP contribution in [0.5, 0.6) is 0 Å². The molecule has 0 aliphatic carbocycles. The zero-order valence-electron chi connectivity index (χ0n) is 6.37. The fourth-order valence-electron chi connectivity index (χ4n) is 1.12. The third kappa shape index (κ3) is 3.18. The summed E-state index contributed by atoms with van der Waals surface area (Å²) in [7, 11) is 0. The van der Waals surface area contributed by atoms with Crippen molar-refractivity contribution in [1.29, 1.82) is 0 Å². The molecule has 0 radical (unpaired) electrons. The van der Waals surface area contributed by atoms with E-state index >= 15 is 0 Å². The maximum atomic E-state index is 9.20. The van der Waals surface area contributed by atoms with Crippen molar-refractivity contribution in [1.82, 2.24) is 0 Å². The molecule has 0 spiro atoms. The molecule has 0 aromatic carbocycles. The molecular formula is C6H14KNO5. The molecule has 1 rings (SSSR count). The molecule has 0 amide bonds. The number of ether oxygens (including phenoxy) is 1. The third-order valence-electron chi connectivity index (χ3n) is 1.95. The van der Waals surface area contributed by atoms with Crippen LogP contribution in [0.4, 0.5) is 0 Å². The van der Waals surface area contributed by atoms with Crippen LogP contribution in [0.25, 0.3) is 0 Å². The quantitative estimate of drug-likeness (QED) is 0.288. The molecule has 7 heteroatoms. The van der Waals surface area contributed by atoms with Crippen molar-refractivity contribution in [2.75, 3.05) is 6.61 Å². The van der Waals surface area contributed by atoms with Crippen LogP contribution in [-0.2, 0) is 4.74 Å². The fourth-order valence-corrected chi connectivity index (χ4v) is 1.12. The van der Waals surface area contributed by atoms with Crippen molar-refractivity contribution in [3.05, 3.63) is 0 Å². The van der Waals surface area contributed by atoms with E-state index < -0.39 is 37.3 Å². The molecule has 0 unspecified atom stereocenters. The Kier molecular flexibility index (Phi) is 6.74. The topological polar surface area (TPSA) is 116 Å². The first-order valence-corrected chi connectivity index (χ1v) is 3.64. The summed E-state index contributed by atoms with van der Waals surface area (Å²) in [6.07, 6.45) is -4.85. The Bertz CT molecular complexity index is 155. The van der Waals surface area contributed by atoms with Crippen LogP contribution in [0.2, 0.25) is 0 Å². The summed E-state index contributed by atoms with van der Waals surface area (Å²) in [5, 5.41) is 36.1. The van der Waals surface area contributed by atoms with Crippen LogP contribution in [-0.4, -0.2) is 109 Å². The van der Waals surface area contributed by atoms with E-state index in [0.29, 0.717) is 0 Å². The minimum absolute atomic E-state index is 0. The van der Waals surface area contributed by atoms with E-state index in [1.807, 2.05) is 0 Å². The normalized spacial score (nSPS) is 45.5. The van der Waals surface area contributed by atoms with Gasteiger partial charge in [-0.2, -0.15) is 0 Å². The van der Waals surface area contributed by atoms with Gasteiger partial charge in [-0.25, -0.2) is 0 Å². The Hall–Kier alpha value is 1.40. The first-order chi connectivity index (χ1) is 5.57. The van der Waals surface area contributed by atoms with Crippen LogP contribution >= 0.6 is 0 Å². The molecule has 0 aromatic rings. The van der Waals surface area contributed by atoms with Crippen molar-refractivity contribution in [3.63, 3.8) is 0 Å². The van der Waals surface area contributed by atoms with Gasteiger partial charge in [0.1, 0.15) is 18.3 Å². The van der Waals surface area contributed by atoms with Crippen molar-refractivity contribution in [3.8, 4) is 0 Å². The average molecular weight is 219 g/mol. The summed E-state index contributed by atoms with van der Waals surface area (Å²) in [5.74, 6) is 0. The minimum atomic E-state index is -1.35. The summed E-state index contributed by atoms with van der Waals surface area (Å²) in [5.41, 5.74) is 5.26. The molecule has 1 saturated heterocycles. The number of aliphatic hydroxyl groups excluding tert-OH is 4. The van der Waals surface area contributed by atoms with Gasteiger partial charge in [-0.15, -0.1) is 0 Å². The van der Waals surface area contributed by atoms with Crippen LogP contribution in [0.1, 0.15) is 0 Å². The van der Waals surface area contributed by atoms with Gasteiger partial charge in [0.25, 0.3) is 0 Å². The van der Waals surface area contributed by atoms with Gasteiger partial charge in [0.15, 0.2) is 6.29 Å². The van der Waals surface area contributed by atoms with Gasteiger partial charge in [-0.3, -0.25) is 0 Å². The second kappa shape index (κ2) is 6.08. The SMILES string of the molecule is N[C@@H]1[C@@H](O)[C@H](O)[C@@H](CO)O[C@H]1O.[KH]. The predicted molar refractivity (Wildman–Crippen MR) is 45.1 cm³/mol. The molecule has 1 aliphatic rings. The van der Waals surface area contributed by atoms with E-state index in [1.165, 1.54) is 0 Å². The Morgan fingerprint density at radius 3 is 2.15 bits per heavy atom. The van der Waals surface area contributed by atoms with Gasteiger partial charge in [0, 0.05) is 0 Å². The van der Waals surface area contributed by atoms with Gasteiger partial charge in [-0.05, 0) is 0 Å². The van der Waals surface area contributed by atoms with Crippen molar-refractivity contribution in [2.24, 2.45) is 5.73 Å². The maximum absolute atomic E-state index is 9.20. The number of aliphatic hydroxyl groups is 4. The second-order valence-electron chi connectivity index (χ2n) is 2.81. The molecule has 1 heterocycles. The number of nitrogens with two attached hydrogens (primary N) is 1. The van der Waals surface area contributed by atoms with Crippen molar-refractivity contribution in [2.45, 2.75) is 30.6 Å². The molecule has 0 aromatic heterocycles. The molecular weight excluding hydrogens is 205 g/mol. The Morgan fingerprint density at radius 2 is 1.69 bits per heavy atom. The van der Waals surface area contributed by atoms with Crippen LogP contribution in [0, 0.1) is 0 Å². The molecule has 13 heavy (non-hydrogen) atoms. The average Bonchev–Trinajstić information content (AvgIpc) is 2.08. The Labute approximate surface area is 118 Å². The van der Waals surface area contributed by atoms with E-state index in [2.05, 4.69) is 0 Å². The van der Waals surface area contributed by atoms with Gasteiger partial charge < -0.3 is 30.9 Å². The Morgan fingerprint density at radius 1 is 1.15 bits per heavy atom. The standard InChI is InChI=1S/C6H13NO5.K.H/c7-3-5(10)4(9)2(1-8)12-6(3)11;;/h2-6,8-11H,1,7H2;;/t2-,3-,4-,5-,6-;;/m1../s1. The predicted octanol–water partition coefficient (Wildman–Crippen LogP) is -3.90. The fraction of sp³-hybridized carbons (Fsp3) is 1.00. The number of hydrogen-bond donors (Lipinski definition) is 5. The second-order valence-corrected chi connectivity index (χ2v) is 2.81. The molecule has 1 aliphatic heterocycles. The zero-order valence-corrected chi connectivity index (χ0v) is 6.37. The molecule has 1 fully saturated rings. The molecule has 6 N–H and O–H groups in total. The summed E-state index contributed by atoms with van der Waals surface area (Å²) >= 11 is 0. The third-order valence-corrected chi connectivity index (χ3v) is 1.95. The summed E-state index contributed by atoms with van der Waals surface area (Å²) < 4.78 is 4.70. The summed E-state index contributed by atoms with van der Waals surface area (Å²) in [6, 6.07) is -1.04. The van der Waals surface area contributed by atoms with E-state index in [1.54, 1.807) is 0 Å². The van der Waals surface area contributed by atoms with Gasteiger partial charge in [-0.1, -0.05) is 0 Å². The van der Waals surface area contributed by atoms with E-state index in [9.17, 15) is 10.2 Å². The van der Waals surface area contributed by atoms with Gasteiger partial charge in [0.2, 0.25) is 0 Å². The molecule has 74 valence electrons. The molecule has 0 bridgehead atoms. The van der Waals surface area contributed by atoms with Crippen molar-refractivity contribution >= 4 is 51.4 Å².